The number of aliphatic hydroxyl groups is 2. The summed E-state index contributed by atoms with van der Waals surface area (Å²) >= 11 is 0. The van der Waals surface area contributed by atoms with E-state index in [9.17, 15) is 24.7 Å². The zero-order valence-electron chi connectivity index (χ0n) is 12.5. The van der Waals surface area contributed by atoms with E-state index in [4.69, 9.17) is 9.79 Å². The van der Waals surface area contributed by atoms with Crippen LogP contribution in [-0.2, 0) is 15.8 Å². The van der Waals surface area contributed by atoms with E-state index >= 15 is 0 Å². The van der Waals surface area contributed by atoms with Crippen molar-refractivity contribution in [2.24, 2.45) is 5.92 Å². The Labute approximate surface area is 138 Å². The van der Waals surface area contributed by atoms with E-state index in [1.165, 1.54) is 12.1 Å². The van der Waals surface area contributed by atoms with Crippen molar-refractivity contribution in [2.75, 3.05) is 0 Å². The smallest absolute Gasteiger partial charge is 0.427 e. The second-order valence-electron chi connectivity index (χ2n) is 5.48. The zero-order valence-corrected chi connectivity index (χ0v) is 13.4. The summed E-state index contributed by atoms with van der Waals surface area (Å²) in [5.74, 6) is -2.25. The van der Waals surface area contributed by atoms with Gasteiger partial charge < -0.3 is 25.1 Å². The summed E-state index contributed by atoms with van der Waals surface area (Å²) in [4.78, 5) is 30.1. The largest absolute Gasteiger partial charge is 0.508 e. The molecule has 1 aliphatic rings. The molecule has 8 nitrogen and oxygen atoms in total. The zero-order chi connectivity index (χ0) is 17.9. The van der Waals surface area contributed by atoms with Gasteiger partial charge in [0.05, 0.1) is 12.0 Å². The standard InChI is InChI=1S/C15H18NO7P/c17-10-3-1-2-9(6-10)4-5-13(19)15-12(16-24(21,22)23)7-11(18)8-14(15)20/h1-3,6-8,13,15,17-19H,4-5H2,(H3,16,21,22,23). The Morgan fingerprint density at radius 2 is 1.92 bits per heavy atom. The molecule has 0 saturated carbocycles. The molecule has 2 atom stereocenters. The van der Waals surface area contributed by atoms with Crippen molar-refractivity contribution in [3.8, 4) is 5.75 Å². The second kappa shape index (κ2) is 7.19. The van der Waals surface area contributed by atoms with E-state index in [0.29, 0.717) is 6.42 Å². The van der Waals surface area contributed by atoms with Gasteiger partial charge in [-0.1, -0.05) is 12.1 Å². The van der Waals surface area contributed by atoms with E-state index in [1.54, 1.807) is 12.1 Å². The van der Waals surface area contributed by atoms with Crippen molar-refractivity contribution < 1.29 is 34.5 Å². The van der Waals surface area contributed by atoms with E-state index < -0.39 is 31.3 Å². The number of carbonyl (C=O) groups excluding carboxylic acids is 1. The van der Waals surface area contributed by atoms with Crippen molar-refractivity contribution in [1.82, 2.24) is 5.09 Å². The highest BCUT2D eigenvalue weighted by Crippen LogP contribution is 2.35. The van der Waals surface area contributed by atoms with E-state index in [0.717, 1.165) is 17.7 Å². The van der Waals surface area contributed by atoms with Crippen LogP contribution in [0, 0.1) is 5.92 Å². The first kappa shape index (κ1) is 18.2. The molecule has 0 aromatic heterocycles. The summed E-state index contributed by atoms with van der Waals surface area (Å²) in [5, 5.41) is 31.0. The highest BCUT2D eigenvalue weighted by atomic mass is 31.2. The molecule has 9 heteroatoms. The number of phenols is 1. The van der Waals surface area contributed by atoms with Crippen LogP contribution in [0.15, 0.2) is 47.9 Å². The van der Waals surface area contributed by atoms with Gasteiger partial charge in [0.15, 0.2) is 5.78 Å². The van der Waals surface area contributed by atoms with Crippen LogP contribution in [0.5, 0.6) is 5.75 Å². The summed E-state index contributed by atoms with van der Waals surface area (Å²) in [6.07, 6.45) is 1.14. The number of aromatic hydroxyl groups is 1. The molecule has 0 amide bonds. The molecule has 130 valence electrons. The number of hydrogen-bond acceptors (Lipinski definition) is 5. The molecule has 1 aromatic carbocycles. The molecule has 0 bridgehead atoms. The van der Waals surface area contributed by atoms with Gasteiger partial charge in [-0.05, 0) is 30.5 Å². The Balaban J connectivity index is 2.13. The first-order chi connectivity index (χ1) is 11.2. The summed E-state index contributed by atoms with van der Waals surface area (Å²) < 4.78 is 11.1. The van der Waals surface area contributed by atoms with Gasteiger partial charge in [-0.3, -0.25) is 9.88 Å². The van der Waals surface area contributed by atoms with Crippen molar-refractivity contribution in [3.05, 3.63) is 53.4 Å². The van der Waals surface area contributed by atoms with Crippen LogP contribution in [0.2, 0.25) is 0 Å². The van der Waals surface area contributed by atoms with Gasteiger partial charge in [-0.2, -0.15) is 0 Å². The first-order valence-corrected chi connectivity index (χ1v) is 8.73. The number of hydrogen-bond donors (Lipinski definition) is 6. The fraction of sp³-hybridized carbons (Fsp3) is 0.267. The van der Waals surface area contributed by atoms with Crippen LogP contribution in [-0.4, -0.2) is 37.0 Å². The summed E-state index contributed by atoms with van der Waals surface area (Å²) in [7, 11) is -4.70. The average molecular weight is 355 g/mol. The minimum atomic E-state index is -4.70. The van der Waals surface area contributed by atoms with Crippen LogP contribution in [0.4, 0.5) is 0 Å². The lowest BCUT2D eigenvalue weighted by molar-refractivity contribution is -0.120. The summed E-state index contributed by atoms with van der Waals surface area (Å²) in [6.45, 7) is 0. The van der Waals surface area contributed by atoms with Crippen molar-refractivity contribution in [2.45, 2.75) is 18.9 Å². The van der Waals surface area contributed by atoms with Gasteiger partial charge in [-0.15, -0.1) is 0 Å². The number of aliphatic hydroxyl groups excluding tert-OH is 2. The van der Waals surface area contributed by atoms with Gasteiger partial charge in [-0.25, -0.2) is 4.57 Å². The first-order valence-electron chi connectivity index (χ1n) is 7.11. The lowest BCUT2D eigenvalue weighted by Gasteiger charge is -2.27. The molecule has 1 aromatic rings. The van der Waals surface area contributed by atoms with Crippen molar-refractivity contribution in [1.29, 1.82) is 0 Å². The molecule has 1 aliphatic carbocycles. The van der Waals surface area contributed by atoms with Crippen LogP contribution >= 0.6 is 7.75 Å². The molecular weight excluding hydrogens is 337 g/mol. The molecular formula is C15H18NO7P. The summed E-state index contributed by atoms with van der Waals surface area (Å²) in [6, 6.07) is 6.41. The minimum absolute atomic E-state index is 0.0762. The lowest BCUT2D eigenvalue weighted by Crippen LogP contribution is -2.36. The van der Waals surface area contributed by atoms with E-state index in [-0.39, 0.29) is 17.9 Å². The van der Waals surface area contributed by atoms with E-state index in [2.05, 4.69) is 0 Å². The number of benzene rings is 1. The number of allylic oxidation sites excluding steroid dienone is 2. The molecule has 2 unspecified atom stereocenters. The third kappa shape index (κ3) is 4.94. The van der Waals surface area contributed by atoms with Gasteiger partial charge in [0.2, 0.25) is 0 Å². The van der Waals surface area contributed by atoms with Crippen molar-refractivity contribution >= 4 is 13.5 Å². The number of aryl methyl sites for hydroxylation is 1. The highest BCUT2D eigenvalue weighted by molar-refractivity contribution is 7.49. The van der Waals surface area contributed by atoms with Crippen molar-refractivity contribution in [3.63, 3.8) is 0 Å². The third-order valence-electron chi connectivity index (χ3n) is 3.53. The lowest BCUT2D eigenvalue weighted by atomic mass is 9.87. The Morgan fingerprint density at radius 1 is 1.21 bits per heavy atom. The van der Waals surface area contributed by atoms with Crippen LogP contribution < -0.4 is 5.09 Å². The number of ketones is 1. The van der Waals surface area contributed by atoms with Gasteiger partial charge in [0.25, 0.3) is 0 Å². The molecule has 0 spiro atoms. The van der Waals surface area contributed by atoms with E-state index in [1.807, 2.05) is 5.09 Å². The molecule has 24 heavy (non-hydrogen) atoms. The Kier molecular flexibility index (Phi) is 5.46. The number of carbonyl (C=O) groups is 1. The SMILES string of the molecule is O=C1C=C(O)C=C(NP(=O)(O)O)C1C(O)CCc1cccc(O)c1. The molecule has 0 saturated heterocycles. The minimum Gasteiger partial charge on any atom is -0.508 e. The maximum Gasteiger partial charge on any atom is 0.427 e. The number of nitrogens with one attached hydrogen (secondary N) is 1. The fourth-order valence-electron chi connectivity index (χ4n) is 2.54. The van der Waals surface area contributed by atoms with Gasteiger partial charge in [0, 0.05) is 17.8 Å². The Hall–Kier alpha value is -2.12. The molecule has 2 rings (SSSR count). The maximum absolute atomic E-state index is 12.0. The highest BCUT2D eigenvalue weighted by Gasteiger charge is 2.34. The predicted octanol–water partition coefficient (Wildman–Crippen LogP) is 0.893. The molecule has 0 fully saturated rings. The summed E-state index contributed by atoms with van der Waals surface area (Å²) in [5.41, 5.74) is 0.501. The molecule has 0 aliphatic heterocycles. The molecule has 6 N–H and O–H groups in total. The van der Waals surface area contributed by atoms with Crippen LogP contribution in [0.25, 0.3) is 0 Å². The quantitative estimate of drug-likeness (QED) is 0.412. The maximum atomic E-state index is 12.0. The normalized spacial score (nSPS) is 19.5. The topological polar surface area (TPSA) is 147 Å². The Bertz CT molecular complexity index is 737. The number of phenolic OH excluding ortho intramolecular Hbond substituents is 1. The predicted molar refractivity (Wildman–Crippen MR) is 84.9 cm³/mol. The average Bonchev–Trinajstić information content (AvgIpc) is 2.42. The monoisotopic (exact) mass is 355 g/mol. The fourth-order valence-corrected chi connectivity index (χ4v) is 3.08. The third-order valence-corrected chi connectivity index (χ3v) is 4.08. The molecule has 0 radical (unpaired) electrons. The molecule has 0 heterocycles. The van der Waals surface area contributed by atoms with Crippen LogP contribution in [0.1, 0.15) is 12.0 Å². The van der Waals surface area contributed by atoms with Crippen LogP contribution in [0.3, 0.4) is 0 Å². The Morgan fingerprint density at radius 3 is 2.54 bits per heavy atom. The second-order valence-corrected chi connectivity index (χ2v) is 6.79. The van der Waals surface area contributed by atoms with Gasteiger partial charge in [0.1, 0.15) is 11.5 Å². The van der Waals surface area contributed by atoms with Gasteiger partial charge >= 0.3 is 7.75 Å². The number of rotatable bonds is 6.